The first-order valence-corrected chi connectivity index (χ1v) is 14.1. The standard InChI is InChI=1S/C27H37N3O5S/c1-19-9-8-10-22(15-19)17-29(21(3)27(32)28-23-11-6-7-12-23)26(31)18-30(36(5,33)34)24-16-20(2)13-14-25(24)35-4/h8-10,13-16,21,23H,6-7,11-12,17-18H2,1-5H3,(H,28,32)/t21-/m0/s1. The largest absolute Gasteiger partial charge is 0.495 e. The fourth-order valence-electron chi connectivity index (χ4n) is 4.57. The van der Waals surface area contributed by atoms with Crippen molar-refractivity contribution in [2.24, 2.45) is 0 Å². The van der Waals surface area contributed by atoms with E-state index in [1.807, 2.05) is 44.2 Å². The molecule has 1 aliphatic carbocycles. The normalized spacial score (nSPS) is 14.8. The number of nitrogens with one attached hydrogen (secondary N) is 1. The average Bonchev–Trinajstić information content (AvgIpc) is 3.32. The number of hydrogen-bond donors (Lipinski definition) is 1. The number of methoxy groups -OCH3 is 1. The zero-order valence-corrected chi connectivity index (χ0v) is 22.6. The molecule has 0 unspecified atom stereocenters. The third-order valence-corrected chi connectivity index (χ3v) is 7.71. The number of carbonyl (C=O) groups is 2. The van der Waals surface area contributed by atoms with Gasteiger partial charge in [-0.25, -0.2) is 8.42 Å². The summed E-state index contributed by atoms with van der Waals surface area (Å²) in [6.07, 6.45) is 5.07. The molecule has 1 N–H and O–H groups in total. The van der Waals surface area contributed by atoms with E-state index in [2.05, 4.69) is 5.32 Å². The van der Waals surface area contributed by atoms with Gasteiger partial charge in [-0.15, -0.1) is 0 Å². The van der Waals surface area contributed by atoms with Crippen LogP contribution >= 0.6 is 0 Å². The molecule has 2 aromatic carbocycles. The molecule has 2 aromatic rings. The molecule has 3 rings (SSSR count). The zero-order valence-electron chi connectivity index (χ0n) is 21.8. The Bertz CT molecular complexity index is 1190. The molecule has 1 aliphatic rings. The summed E-state index contributed by atoms with van der Waals surface area (Å²) in [6.45, 7) is 5.22. The maximum Gasteiger partial charge on any atom is 0.244 e. The molecule has 0 bridgehead atoms. The minimum Gasteiger partial charge on any atom is -0.495 e. The highest BCUT2D eigenvalue weighted by molar-refractivity contribution is 7.92. The molecule has 196 valence electrons. The predicted octanol–water partition coefficient (Wildman–Crippen LogP) is 3.55. The Morgan fingerprint density at radius 3 is 2.36 bits per heavy atom. The van der Waals surface area contributed by atoms with E-state index >= 15 is 0 Å². The third kappa shape index (κ3) is 7.00. The topological polar surface area (TPSA) is 96.0 Å². The van der Waals surface area contributed by atoms with E-state index in [0.29, 0.717) is 5.75 Å². The summed E-state index contributed by atoms with van der Waals surface area (Å²) >= 11 is 0. The van der Waals surface area contributed by atoms with Crippen LogP contribution in [0, 0.1) is 13.8 Å². The number of aryl methyl sites for hydroxylation is 2. The number of benzene rings is 2. The monoisotopic (exact) mass is 515 g/mol. The Kier molecular flexibility index (Phi) is 9.00. The van der Waals surface area contributed by atoms with Crippen molar-refractivity contribution in [3.8, 4) is 5.75 Å². The minimum absolute atomic E-state index is 0.111. The summed E-state index contributed by atoms with van der Waals surface area (Å²) in [5, 5.41) is 3.07. The van der Waals surface area contributed by atoms with Gasteiger partial charge in [-0.1, -0.05) is 48.7 Å². The van der Waals surface area contributed by atoms with Crippen LogP contribution in [0.5, 0.6) is 5.75 Å². The highest BCUT2D eigenvalue weighted by atomic mass is 32.2. The van der Waals surface area contributed by atoms with E-state index in [0.717, 1.165) is 52.9 Å². The van der Waals surface area contributed by atoms with Gasteiger partial charge in [0.1, 0.15) is 18.3 Å². The zero-order chi connectivity index (χ0) is 26.5. The first-order chi connectivity index (χ1) is 17.0. The smallest absolute Gasteiger partial charge is 0.244 e. The molecule has 1 saturated carbocycles. The molecule has 8 nitrogen and oxygen atoms in total. The van der Waals surface area contributed by atoms with Gasteiger partial charge in [-0.05, 0) is 56.9 Å². The quantitative estimate of drug-likeness (QED) is 0.522. The summed E-state index contributed by atoms with van der Waals surface area (Å²) in [4.78, 5) is 28.3. The van der Waals surface area contributed by atoms with Gasteiger partial charge in [0, 0.05) is 12.6 Å². The number of rotatable bonds is 10. The van der Waals surface area contributed by atoms with Crippen LogP contribution in [-0.4, -0.2) is 57.1 Å². The molecular weight excluding hydrogens is 478 g/mol. The van der Waals surface area contributed by atoms with Gasteiger partial charge < -0.3 is 15.0 Å². The SMILES string of the molecule is COc1ccc(C)cc1N(CC(=O)N(Cc1cccc(C)c1)[C@@H](C)C(=O)NC1CCCC1)S(C)(=O)=O. The first-order valence-electron chi connectivity index (χ1n) is 12.3. The lowest BCUT2D eigenvalue weighted by Crippen LogP contribution is -2.52. The number of carbonyl (C=O) groups excluding carboxylic acids is 2. The van der Waals surface area contributed by atoms with E-state index in [1.165, 1.54) is 12.0 Å². The van der Waals surface area contributed by atoms with Crippen molar-refractivity contribution in [3.63, 3.8) is 0 Å². The summed E-state index contributed by atoms with van der Waals surface area (Å²) in [7, 11) is -2.38. The molecule has 0 aromatic heterocycles. The maximum absolute atomic E-state index is 13.7. The molecule has 2 amide bonds. The highest BCUT2D eigenvalue weighted by Crippen LogP contribution is 2.31. The molecule has 0 spiro atoms. The molecule has 1 fully saturated rings. The van der Waals surface area contributed by atoms with Crippen molar-refractivity contribution in [2.45, 2.75) is 65.1 Å². The molecule has 0 heterocycles. The van der Waals surface area contributed by atoms with Crippen LogP contribution in [-0.2, 0) is 26.2 Å². The number of ether oxygens (including phenoxy) is 1. The van der Waals surface area contributed by atoms with Crippen LogP contribution in [0.3, 0.4) is 0 Å². The van der Waals surface area contributed by atoms with Crippen molar-refractivity contribution in [1.29, 1.82) is 0 Å². The fourth-order valence-corrected chi connectivity index (χ4v) is 5.42. The summed E-state index contributed by atoms with van der Waals surface area (Å²) in [5.41, 5.74) is 3.01. The lowest BCUT2D eigenvalue weighted by atomic mass is 10.1. The van der Waals surface area contributed by atoms with Crippen molar-refractivity contribution < 1.29 is 22.7 Å². The average molecular weight is 516 g/mol. The number of hydrogen-bond acceptors (Lipinski definition) is 5. The molecule has 0 aliphatic heterocycles. The van der Waals surface area contributed by atoms with Crippen molar-refractivity contribution in [3.05, 3.63) is 59.2 Å². The van der Waals surface area contributed by atoms with Gasteiger partial charge in [-0.3, -0.25) is 13.9 Å². The second kappa shape index (κ2) is 11.8. The minimum atomic E-state index is -3.83. The molecule has 1 atom stereocenters. The molecular formula is C27H37N3O5S. The van der Waals surface area contributed by atoms with Crippen molar-refractivity contribution in [1.82, 2.24) is 10.2 Å². The molecule has 36 heavy (non-hydrogen) atoms. The summed E-state index contributed by atoms with van der Waals surface area (Å²) < 4.78 is 32.1. The van der Waals surface area contributed by atoms with Gasteiger partial charge in [0.2, 0.25) is 21.8 Å². The van der Waals surface area contributed by atoms with Crippen molar-refractivity contribution >= 4 is 27.5 Å². The number of anilines is 1. The lowest BCUT2D eigenvalue weighted by molar-refractivity contribution is -0.139. The Morgan fingerprint density at radius 1 is 1.08 bits per heavy atom. The van der Waals surface area contributed by atoms with Gasteiger partial charge in [0.15, 0.2) is 0 Å². The van der Waals surface area contributed by atoms with Gasteiger partial charge in [-0.2, -0.15) is 0 Å². The second-order valence-electron chi connectivity index (χ2n) is 9.62. The first kappa shape index (κ1) is 27.5. The van der Waals surface area contributed by atoms with Crippen LogP contribution in [0.25, 0.3) is 0 Å². The Labute approximate surface area is 214 Å². The highest BCUT2D eigenvalue weighted by Gasteiger charge is 2.32. The van der Waals surface area contributed by atoms with Crippen molar-refractivity contribution in [2.75, 3.05) is 24.2 Å². The number of sulfonamides is 1. The van der Waals surface area contributed by atoms with Gasteiger partial charge in [0.05, 0.1) is 19.1 Å². The van der Waals surface area contributed by atoms with E-state index in [9.17, 15) is 18.0 Å². The van der Waals surface area contributed by atoms with Crippen LogP contribution < -0.4 is 14.4 Å². The van der Waals surface area contributed by atoms with Crippen LogP contribution in [0.1, 0.15) is 49.3 Å². The molecule has 0 saturated heterocycles. The fraction of sp³-hybridized carbons (Fsp3) is 0.481. The predicted molar refractivity (Wildman–Crippen MR) is 142 cm³/mol. The lowest BCUT2D eigenvalue weighted by Gasteiger charge is -2.32. The van der Waals surface area contributed by atoms with E-state index < -0.39 is 28.5 Å². The van der Waals surface area contributed by atoms with Crippen LogP contribution in [0.15, 0.2) is 42.5 Å². The molecule has 0 radical (unpaired) electrons. The second-order valence-corrected chi connectivity index (χ2v) is 11.5. The summed E-state index contributed by atoms with van der Waals surface area (Å²) in [6, 6.07) is 12.2. The Morgan fingerprint density at radius 2 is 1.75 bits per heavy atom. The van der Waals surface area contributed by atoms with Gasteiger partial charge >= 0.3 is 0 Å². The Balaban J connectivity index is 1.93. The van der Waals surface area contributed by atoms with Crippen LogP contribution in [0.2, 0.25) is 0 Å². The van der Waals surface area contributed by atoms with E-state index in [-0.39, 0.29) is 24.2 Å². The Hall–Kier alpha value is -3.07. The third-order valence-electron chi connectivity index (χ3n) is 6.59. The summed E-state index contributed by atoms with van der Waals surface area (Å²) in [5.74, 6) is -0.363. The number of amides is 2. The van der Waals surface area contributed by atoms with E-state index in [4.69, 9.17) is 4.74 Å². The van der Waals surface area contributed by atoms with Gasteiger partial charge in [0.25, 0.3) is 0 Å². The molecule has 9 heteroatoms. The van der Waals surface area contributed by atoms with E-state index in [1.54, 1.807) is 19.1 Å². The number of nitrogens with zero attached hydrogens (tertiary/aromatic N) is 2. The van der Waals surface area contributed by atoms with Crippen LogP contribution in [0.4, 0.5) is 5.69 Å². The maximum atomic E-state index is 13.7.